The minimum atomic E-state index is -0.670. The van der Waals surface area contributed by atoms with E-state index in [4.69, 9.17) is 10.5 Å². The molecule has 0 saturated heterocycles. The zero-order valence-electron chi connectivity index (χ0n) is 12.2. The number of nitrogen functional groups attached to an aromatic ring is 1. The van der Waals surface area contributed by atoms with Gasteiger partial charge in [0.1, 0.15) is 18.5 Å². The normalized spacial score (nSPS) is 12.2. The lowest BCUT2D eigenvalue weighted by Gasteiger charge is -2.21. The summed E-state index contributed by atoms with van der Waals surface area (Å²) in [6.07, 6.45) is -0.670. The molecular formula is C14H23N3O3. The van der Waals surface area contributed by atoms with E-state index in [1.165, 1.54) is 4.90 Å². The third-order valence-electron chi connectivity index (χ3n) is 2.73. The summed E-state index contributed by atoms with van der Waals surface area (Å²) in [7, 11) is 5.19. The van der Waals surface area contributed by atoms with Crippen molar-refractivity contribution in [1.82, 2.24) is 9.80 Å². The van der Waals surface area contributed by atoms with E-state index in [2.05, 4.69) is 0 Å². The van der Waals surface area contributed by atoms with Crippen LogP contribution in [0.25, 0.3) is 0 Å². The molecular weight excluding hydrogens is 258 g/mol. The summed E-state index contributed by atoms with van der Waals surface area (Å²) >= 11 is 0. The van der Waals surface area contributed by atoms with Crippen LogP contribution in [-0.4, -0.2) is 67.8 Å². The maximum absolute atomic E-state index is 11.5. The van der Waals surface area contributed by atoms with Crippen molar-refractivity contribution >= 4 is 11.6 Å². The molecule has 0 fully saturated rings. The third kappa shape index (κ3) is 5.90. The highest BCUT2D eigenvalue weighted by Crippen LogP contribution is 2.14. The van der Waals surface area contributed by atoms with Gasteiger partial charge >= 0.3 is 0 Å². The molecule has 0 heterocycles. The van der Waals surface area contributed by atoms with E-state index in [-0.39, 0.29) is 19.1 Å². The van der Waals surface area contributed by atoms with Crippen molar-refractivity contribution < 1.29 is 14.6 Å². The molecule has 0 aromatic heterocycles. The number of carbonyl (C=O) groups is 1. The second-order valence-electron chi connectivity index (χ2n) is 5.02. The number of amides is 1. The first-order valence-corrected chi connectivity index (χ1v) is 6.43. The van der Waals surface area contributed by atoms with Crippen LogP contribution in [0.2, 0.25) is 0 Å². The molecule has 0 saturated carbocycles. The van der Waals surface area contributed by atoms with Crippen LogP contribution in [0.4, 0.5) is 5.69 Å². The Labute approximate surface area is 119 Å². The molecule has 1 rings (SSSR count). The van der Waals surface area contributed by atoms with E-state index < -0.39 is 6.10 Å². The topological polar surface area (TPSA) is 79.0 Å². The number of carbonyl (C=O) groups excluding carboxylic acids is 1. The minimum absolute atomic E-state index is 0.00329. The summed E-state index contributed by atoms with van der Waals surface area (Å²) in [6, 6.07) is 7.04. The van der Waals surface area contributed by atoms with E-state index in [1.807, 2.05) is 0 Å². The van der Waals surface area contributed by atoms with Crippen molar-refractivity contribution in [2.24, 2.45) is 0 Å². The van der Waals surface area contributed by atoms with Crippen LogP contribution >= 0.6 is 0 Å². The Morgan fingerprint density at radius 3 is 2.70 bits per heavy atom. The van der Waals surface area contributed by atoms with Gasteiger partial charge in [-0.2, -0.15) is 0 Å². The fourth-order valence-electron chi connectivity index (χ4n) is 1.65. The lowest BCUT2D eigenvalue weighted by molar-refractivity contribution is -0.129. The van der Waals surface area contributed by atoms with Crippen LogP contribution in [-0.2, 0) is 4.79 Å². The number of anilines is 1. The molecule has 6 nitrogen and oxygen atoms in total. The van der Waals surface area contributed by atoms with E-state index in [9.17, 15) is 9.90 Å². The summed E-state index contributed by atoms with van der Waals surface area (Å²) in [5, 5.41) is 9.88. The van der Waals surface area contributed by atoms with Crippen LogP contribution < -0.4 is 10.5 Å². The number of rotatable bonds is 7. The predicted molar refractivity (Wildman–Crippen MR) is 78.5 cm³/mol. The monoisotopic (exact) mass is 281 g/mol. The Bertz CT molecular complexity index is 437. The van der Waals surface area contributed by atoms with E-state index in [0.29, 0.717) is 18.0 Å². The lowest BCUT2D eigenvalue weighted by Crippen LogP contribution is -2.39. The first kappa shape index (κ1) is 16.3. The molecule has 6 heteroatoms. The molecule has 3 N–H and O–H groups in total. The summed E-state index contributed by atoms with van der Waals surface area (Å²) < 4.78 is 5.45. The summed E-state index contributed by atoms with van der Waals surface area (Å²) in [6.45, 7) is 0.786. The number of hydrogen-bond acceptors (Lipinski definition) is 5. The zero-order valence-corrected chi connectivity index (χ0v) is 12.2. The number of hydrogen-bond donors (Lipinski definition) is 2. The maximum atomic E-state index is 11.5. The summed E-state index contributed by atoms with van der Waals surface area (Å²) in [5.41, 5.74) is 6.25. The number of nitrogens with zero attached hydrogens (tertiary/aromatic N) is 2. The standard InChI is InChI=1S/C14H23N3O3/c1-16(2)14(19)9-17(3)8-12(18)10-20-13-6-4-5-11(15)7-13/h4-7,12,18H,8-10,15H2,1-3H3. The van der Waals surface area contributed by atoms with Crippen molar-refractivity contribution in [3.8, 4) is 5.75 Å². The van der Waals surface area contributed by atoms with Crippen molar-refractivity contribution in [3.63, 3.8) is 0 Å². The Morgan fingerprint density at radius 1 is 1.40 bits per heavy atom. The van der Waals surface area contributed by atoms with Gasteiger partial charge in [-0.3, -0.25) is 9.69 Å². The van der Waals surface area contributed by atoms with E-state index in [0.717, 1.165) is 0 Å². The lowest BCUT2D eigenvalue weighted by atomic mass is 10.3. The Morgan fingerprint density at radius 2 is 2.10 bits per heavy atom. The Balaban J connectivity index is 2.32. The third-order valence-corrected chi connectivity index (χ3v) is 2.73. The van der Waals surface area contributed by atoms with E-state index >= 15 is 0 Å². The highest BCUT2D eigenvalue weighted by atomic mass is 16.5. The van der Waals surface area contributed by atoms with Gasteiger partial charge in [-0.25, -0.2) is 0 Å². The molecule has 0 aliphatic carbocycles. The number of aliphatic hydroxyl groups excluding tert-OH is 1. The van der Waals surface area contributed by atoms with Gasteiger partial charge in [0.05, 0.1) is 6.54 Å². The molecule has 0 spiro atoms. The fraction of sp³-hybridized carbons (Fsp3) is 0.500. The fourth-order valence-corrected chi connectivity index (χ4v) is 1.65. The molecule has 112 valence electrons. The zero-order chi connectivity index (χ0) is 15.1. The quantitative estimate of drug-likeness (QED) is 0.689. The van der Waals surface area contributed by atoms with Crippen LogP contribution in [0.15, 0.2) is 24.3 Å². The second kappa shape index (κ2) is 7.72. The van der Waals surface area contributed by atoms with Crippen LogP contribution in [0.3, 0.4) is 0 Å². The first-order chi connectivity index (χ1) is 9.38. The molecule has 1 atom stereocenters. The van der Waals surface area contributed by atoms with E-state index in [1.54, 1.807) is 50.3 Å². The van der Waals surface area contributed by atoms with Crippen LogP contribution in [0, 0.1) is 0 Å². The number of benzene rings is 1. The van der Waals surface area contributed by atoms with Crippen molar-refractivity contribution in [2.75, 3.05) is 46.6 Å². The van der Waals surface area contributed by atoms with Gasteiger partial charge in [0.15, 0.2) is 0 Å². The average molecular weight is 281 g/mol. The van der Waals surface area contributed by atoms with Gasteiger partial charge in [0.25, 0.3) is 0 Å². The molecule has 0 bridgehead atoms. The SMILES string of the molecule is CN(CC(=O)N(C)C)CC(O)COc1cccc(N)c1. The van der Waals surface area contributed by atoms with Crippen molar-refractivity contribution in [2.45, 2.75) is 6.10 Å². The number of nitrogens with two attached hydrogens (primary N) is 1. The average Bonchev–Trinajstić information content (AvgIpc) is 2.36. The molecule has 1 aromatic rings. The maximum Gasteiger partial charge on any atom is 0.236 e. The van der Waals surface area contributed by atoms with Gasteiger partial charge in [-0.1, -0.05) is 6.07 Å². The van der Waals surface area contributed by atoms with Gasteiger partial charge in [-0.05, 0) is 19.2 Å². The smallest absolute Gasteiger partial charge is 0.236 e. The van der Waals surface area contributed by atoms with Gasteiger partial charge in [0.2, 0.25) is 5.91 Å². The van der Waals surface area contributed by atoms with Gasteiger partial charge < -0.3 is 20.5 Å². The van der Waals surface area contributed by atoms with Crippen LogP contribution in [0.1, 0.15) is 0 Å². The van der Waals surface area contributed by atoms with Crippen LogP contribution in [0.5, 0.6) is 5.75 Å². The second-order valence-corrected chi connectivity index (χ2v) is 5.02. The molecule has 0 aliphatic rings. The molecule has 0 aliphatic heterocycles. The van der Waals surface area contributed by atoms with Gasteiger partial charge in [-0.15, -0.1) is 0 Å². The molecule has 0 radical (unpaired) electrons. The molecule has 1 unspecified atom stereocenters. The van der Waals surface area contributed by atoms with Crippen molar-refractivity contribution in [1.29, 1.82) is 0 Å². The summed E-state index contributed by atoms with van der Waals surface area (Å²) in [4.78, 5) is 14.8. The largest absolute Gasteiger partial charge is 0.491 e. The molecule has 1 amide bonds. The minimum Gasteiger partial charge on any atom is -0.491 e. The number of aliphatic hydroxyl groups is 1. The Kier molecular flexibility index (Phi) is 6.27. The molecule has 1 aromatic carbocycles. The number of ether oxygens (including phenoxy) is 1. The highest BCUT2D eigenvalue weighted by molar-refractivity contribution is 5.77. The summed E-state index contributed by atoms with van der Waals surface area (Å²) in [5.74, 6) is 0.618. The molecule has 20 heavy (non-hydrogen) atoms. The first-order valence-electron chi connectivity index (χ1n) is 6.43. The predicted octanol–water partition coefficient (Wildman–Crippen LogP) is 0.0285. The van der Waals surface area contributed by atoms with Gasteiger partial charge in [0, 0.05) is 32.4 Å². The number of likely N-dealkylation sites (N-methyl/N-ethyl adjacent to an activating group) is 2. The van der Waals surface area contributed by atoms with Crippen molar-refractivity contribution in [3.05, 3.63) is 24.3 Å². The Hall–Kier alpha value is -1.79. The highest BCUT2D eigenvalue weighted by Gasteiger charge is 2.13.